The predicted octanol–water partition coefficient (Wildman–Crippen LogP) is 3.70. The molecule has 20 heavy (non-hydrogen) atoms. The average Bonchev–Trinajstić information content (AvgIpc) is 2.84. The van der Waals surface area contributed by atoms with Crippen molar-refractivity contribution in [1.29, 1.82) is 0 Å². The van der Waals surface area contributed by atoms with Crippen molar-refractivity contribution in [3.8, 4) is 5.75 Å². The lowest BCUT2D eigenvalue weighted by atomic mass is 10.1. The number of benzene rings is 1. The third kappa shape index (κ3) is 2.99. The molecule has 1 N–H and O–H groups in total. The number of hydrogen-bond acceptors (Lipinski definition) is 3. The second-order valence-electron chi connectivity index (χ2n) is 4.52. The Morgan fingerprint density at radius 2 is 2.15 bits per heavy atom. The molecular formula is C15H16FNO2S. The summed E-state index contributed by atoms with van der Waals surface area (Å²) in [6.07, 6.45) is 0. The molecule has 2 rings (SSSR count). The van der Waals surface area contributed by atoms with Crippen LogP contribution in [-0.4, -0.2) is 13.0 Å². The molecule has 0 spiro atoms. The van der Waals surface area contributed by atoms with Gasteiger partial charge in [0.2, 0.25) is 0 Å². The highest BCUT2D eigenvalue weighted by Gasteiger charge is 2.15. The molecular weight excluding hydrogens is 277 g/mol. The van der Waals surface area contributed by atoms with E-state index in [1.54, 1.807) is 12.1 Å². The number of halogens is 1. The maximum absolute atomic E-state index is 13.7. The Bertz CT molecular complexity index is 624. The van der Waals surface area contributed by atoms with E-state index >= 15 is 0 Å². The third-order valence-electron chi connectivity index (χ3n) is 3.09. The fourth-order valence-electron chi connectivity index (χ4n) is 1.90. The number of ether oxygens (including phenoxy) is 1. The standard InChI is InChI=1S/C15H16FNO2S/c1-9-6-7-20-14(9)15(18)17-10(2)11-4-5-13(19-3)12(16)8-11/h4-8,10H,1-3H3,(H,17,18)/t10-/m0/s1. The highest BCUT2D eigenvalue weighted by atomic mass is 32.1. The van der Waals surface area contributed by atoms with E-state index in [9.17, 15) is 9.18 Å². The predicted molar refractivity (Wildman–Crippen MR) is 77.9 cm³/mol. The highest BCUT2D eigenvalue weighted by molar-refractivity contribution is 7.12. The maximum Gasteiger partial charge on any atom is 0.262 e. The molecule has 0 aliphatic heterocycles. The molecule has 0 radical (unpaired) electrons. The Morgan fingerprint density at radius 1 is 1.40 bits per heavy atom. The monoisotopic (exact) mass is 293 g/mol. The first-order valence-electron chi connectivity index (χ1n) is 6.21. The van der Waals surface area contributed by atoms with E-state index < -0.39 is 5.82 Å². The van der Waals surface area contributed by atoms with Gasteiger partial charge in [0.1, 0.15) is 0 Å². The molecule has 0 aliphatic carbocycles. The lowest BCUT2D eigenvalue weighted by Gasteiger charge is -2.15. The van der Waals surface area contributed by atoms with Crippen molar-refractivity contribution in [1.82, 2.24) is 5.32 Å². The molecule has 0 aliphatic rings. The van der Waals surface area contributed by atoms with E-state index in [1.807, 2.05) is 25.3 Å². The molecule has 1 amide bonds. The van der Waals surface area contributed by atoms with Gasteiger partial charge in [0.05, 0.1) is 18.0 Å². The van der Waals surface area contributed by atoms with Gasteiger partial charge in [-0.25, -0.2) is 4.39 Å². The molecule has 0 saturated heterocycles. The molecule has 5 heteroatoms. The van der Waals surface area contributed by atoms with Crippen LogP contribution in [0.25, 0.3) is 0 Å². The summed E-state index contributed by atoms with van der Waals surface area (Å²) in [7, 11) is 1.42. The highest BCUT2D eigenvalue weighted by Crippen LogP contribution is 2.23. The summed E-state index contributed by atoms with van der Waals surface area (Å²) in [6.45, 7) is 3.71. The Hall–Kier alpha value is -1.88. The van der Waals surface area contributed by atoms with E-state index in [1.165, 1.54) is 24.5 Å². The maximum atomic E-state index is 13.7. The number of nitrogens with one attached hydrogen (secondary N) is 1. The summed E-state index contributed by atoms with van der Waals surface area (Å²) in [4.78, 5) is 12.8. The van der Waals surface area contributed by atoms with Gasteiger partial charge in [-0.15, -0.1) is 11.3 Å². The van der Waals surface area contributed by atoms with Crippen molar-refractivity contribution in [2.45, 2.75) is 19.9 Å². The fraction of sp³-hybridized carbons (Fsp3) is 0.267. The lowest BCUT2D eigenvalue weighted by molar-refractivity contribution is 0.0943. The van der Waals surface area contributed by atoms with Crippen molar-refractivity contribution >= 4 is 17.2 Å². The largest absolute Gasteiger partial charge is 0.494 e. The molecule has 3 nitrogen and oxygen atoms in total. The van der Waals surface area contributed by atoms with Crippen LogP contribution in [0, 0.1) is 12.7 Å². The van der Waals surface area contributed by atoms with Crippen molar-refractivity contribution in [3.05, 3.63) is 51.5 Å². The van der Waals surface area contributed by atoms with E-state index in [0.717, 1.165) is 5.56 Å². The molecule has 1 atom stereocenters. The summed E-state index contributed by atoms with van der Waals surface area (Å²) in [6, 6.07) is 6.31. The Labute approximate surface area is 121 Å². The number of aryl methyl sites for hydroxylation is 1. The number of methoxy groups -OCH3 is 1. The molecule has 1 heterocycles. The molecule has 0 saturated carbocycles. The zero-order chi connectivity index (χ0) is 14.7. The quantitative estimate of drug-likeness (QED) is 0.933. The molecule has 0 fully saturated rings. The number of amides is 1. The van der Waals surface area contributed by atoms with Gasteiger partial charge in [-0.1, -0.05) is 6.07 Å². The summed E-state index contributed by atoms with van der Waals surface area (Å²) >= 11 is 1.40. The van der Waals surface area contributed by atoms with Crippen LogP contribution in [0.3, 0.4) is 0 Å². The number of thiophene rings is 1. The normalized spacial score (nSPS) is 12.0. The molecule has 1 aromatic carbocycles. The van der Waals surface area contributed by atoms with Crippen LogP contribution >= 0.6 is 11.3 Å². The summed E-state index contributed by atoms with van der Waals surface area (Å²) in [5.41, 5.74) is 1.64. The van der Waals surface area contributed by atoms with Gasteiger partial charge < -0.3 is 10.1 Å². The molecule has 0 bridgehead atoms. The van der Waals surface area contributed by atoms with Crippen molar-refractivity contribution in [2.75, 3.05) is 7.11 Å². The van der Waals surface area contributed by atoms with Crippen LogP contribution in [-0.2, 0) is 0 Å². The van der Waals surface area contributed by atoms with Gasteiger partial charge in [0.15, 0.2) is 11.6 Å². The van der Waals surface area contributed by atoms with Gasteiger partial charge in [-0.05, 0) is 48.6 Å². The van der Waals surface area contributed by atoms with Crippen LogP contribution in [0.4, 0.5) is 4.39 Å². The summed E-state index contributed by atoms with van der Waals surface area (Å²) in [5, 5.41) is 4.75. The number of carbonyl (C=O) groups is 1. The van der Waals surface area contributed by atoms with Gasteiger partial charge >= 0.3 is 0 Å². The minimum absolute atomic E-state index is 0.138. The second-order valence-corrected chi connectivity index (χ2v) is 5.44. The van der Waals surface area contributed by atoms with Gasteiger partial charge in [-0.2, -0.15) is 0 Å². The fourth-order valence-corrected chi connectivity index (χ4v) is 2.73. The van der Waals surface area contributed by atoms with Crippen LogP contribution in [0.5, 0.6) is 5.75 Å². The molecule has 0 unspecified atom stereocenters. The topological polar surface area (TPSA) is 38.3 Å². The first-order valence-corrected chi connectivity index (χ1v) is 7.09. The Balaban J connectivity index is 2.12. The first-order chi connectivity index (χ1) is 9.52. The Kier molecular flexibility index (Phi) is 4.39. The minimum atomic E-state index is -0.432. The van der Waals surface area contributed by atoms with Gasteiger partial charge in [-0.3, -0.25) is 4.79 Å². The van der Waals surface area contributed by atoms with Crippen molar-refractivity contribution in [3.63, 3.8) is 0 Å². The van der Waals surface area contributed by atoms with E-state index in [0.29, 0.717) is 10.4 Å². The van der Waals surface area contributed by atoms with Gasteiger partial charge in [0.25, 0.3) is 5.91 Å². The number of rotatable bonds is 4. The van der Waals surface area contributed by atoms with E-state index in [4.69, 9.17) is 4.74 Å². The van der Waals surface area contributed by atoms with Gasteiger partial charge in [0, 0.05) is 0 Å². The van der Waals surface area contributed by atoms with Crippen LogP contribution in [0.15, 0.2) is 29.6 Å². The third-order valence-corrected chi connectivity index (χ3v) is 4.11. The number of carbonyl (C=O) groups excluding carboxylic acids is 1. The minimum Gasteiger partial charge on any atom is -0.494 e. The molecule has 1 aromatic heterocycles. The SMILES string of the molecule is COc1ccc([C@H](C)NC(=O)c2sccc2C)cc1F. The summed E-state index contributed by atoms with van der Waals surface area (Å²) < 4.78 is 18.5. The average molecular weight is 293 g/mol. The van der Waals surface area contributed by atoms with Crippen LogP contribution in [0.1, 0.15) is 33.8 Å². The van der Waals surface area contributed by atoms with E-state index in [-0.39, 0.29) is 17.7 Å². The summed E-state index contributed by atoms with van der Waals surface area (Å²) in [5.74, 6) is -0.374. The zero-order valence-corrected chi connectivity index (χ0v) is 12.4. The molecule has 106 valence electrons. The molecule has 2 aromatic rings. The smallest absolute Gasteiger partial charge is 0.262 e. The van der Waals surface area contributed by atoms with E-state index in [2.05, 4.69) is 5.32 Å². The zero-order valence-electron chi connectivity index (χ0n) is 11.6. The Morgan fingerprint density at radius 3 is 2.70 bits per heavy atom. The van der Waals surface area contributed by atoms with Crippen molar-refractivity contribution < 1.29 is 13.9 Å². The lowest BCUT2D eigenvalue weighted by Crippen LogP contribution is -2.26. The number of hydrogen-bond donors (Lipinski definition) is 1. The first kappa shape index (κ1) is 14.5. The van der Waals surface area contributed by atoms with Crippen molar-refractivity contribution in [2.24, 2.45) is 0 Å². The second kappa shape index (κ2) is 6.05. The van der Waals surface area contributed by atoms with Crippen LogP contribution in [0.2, 0.25) is 0 Å². The van der Waals surface area contributed by atoms with Crippen LogP contribution < -0.4 is 10.1 Å².